The van der Waals surface area contributed by atoms with Crippen molar-refractivity contribution in [2.75, 3.05) is 9.80 Å². The Morgan fingerprint density at radius 1 is 0.344 bits per heavy atom. The number of thiophene rings is 3. The number of hydrogen-bond donors (Lipinski definition) is 0. The Bertz CT molecular complexity index is 3650. The highest BCUT2D eigenvalue weighted by molar-refractivity contribution is 7.26. The Balaban J connectivity index is 1.06. The Kier molecular flexibility index (Phi) is 7.85. The van der Waals surface area contributed by atoms with Crippen LogP contribution in [0.2, 0.25) is 0 Å². The molecule has 0 saturated heterocycles. The molecule has 0 aliphatic heterocycles. The molecule has 0 atom stereocenters. The van der Waals surface area contributed by atoms with Gasteiger partial charge in [-0.2, -0.15) is 0 Å². The Hall–Kier alpha value is -7.28. The second-order valence-electron chi connectivity index (χ2n) is 16.9. The quantitative estimate of drug-likeness (QED) is 0.164. The minimum absolute atomic E-state index is 0.581. The first kappa shape index (κ1) is 36.2. The maximum Gasteiger partial charge on any atom is 0.0999 e. The topological polar surface area (TPSA) is 6.48 Å². The van der Waals surface area contributed by atoms with Gasteiger partial charge in [0.05, 0.1) is 15.4 Å². The summed E-state index contributed by atoms with van der Waals surface area (Å²) in [5.74, 6) is 0. The fourth-order valence-electron chi connectivity index (χ4n) is 10.9. The third kappa shape index (κ3) is 5.11. The minimum atomic E-state index is -0.581. The summed E-state index contributed by atoms with van der Waals surface area (Å²) < 4.78 is 2.68. The van der Waals surface area contributed by atoms with Crippen LogP contribution in [-0.2, 0) is 5.41 Å². The fourth-order valence-corrected chi connectivity index (χ4v) is 13.7. The van der Waals surface area contributed by atoms with Gasteiger partial charge >= 0.3 is 0 Å². The first-order valence-corrected chi connectivity index (χ1v) is 24.3. The maximum atomic E-state index is 2.52. The van der Waals surface area contributed by atoms with Crippen LogP contribution >= 0.6 is 34.0 Å². The van der Waals surface area contributed by atoms with Crippen LogP contribution in [0.25, 0.3) is 64.0 Å². The average molecular weight is 869 g/mol. The van der Waals surface area contributed by atoms with Gasteiger partial charge in [0.25, 0.3) is 0 Å². The normalized spacial score (nSPS) is 13.1. The zero-order chi connectivity index (χ0) is 41.9. The van der Waals surface area contributed by atoms with E-state index in [1.54, 1.807) is 22.7 Å². The van der Waals surface area contributed by atoms with E-state index in [1.807, 2.05) is 11.3 Å². The molecular weight excluding hydrogens is 833 g/mol. The predicted molar refractivity (Wildman–Crippen MR) is 276 cm³/mol. The molecule has 300 valence electrons. The zero-order valence-electron chi connectivity index (χ0n) is 34.4. The van der Waals surface area contributed by atoms with Crippen molar-refractivity contribution < 1.29 is 0 Å². The smallest absolute Gasteiger partial charge is 0.0999 e. The van der Waals surface area contributed by atoms with Gasteiger partial charge in [-0.05, 0) is 150 Å². The summed E-state index contributed by atoms with van der Waals surface area (Å²) in [5.41, 5.74) is 14.6. The lowest BCUT2D eigenvalue weighted by Crippen LogP contribution is -2.26. The van der Waals surface area contributed by atoms with Gasteiger partial charge < -0.3 is 9.80 Å². The van der Waals surface area contributed by atoms with Crippen molar-refractivity contribution in [1.29, 1.82) is 0 Å². The standard InChI is InChI=1S/C59H36N2S3/c1-3-13-39-33-41(23-21-37(39)11-1)60(55-19-9-31-62-55)43-25-27-45-46-28-26-44(61(56-20-10-32-63-56)42-24-22-38-12-2-4-14-40(38)34-42)36-53(46)59(52(45)35-43)50-17-7-5-16-49(50)57-51(59)30-29-48-47-15-6-8-18-54(47)64-58(48)57/h1-36H. The molecule has 0 bridgehead atoms. The Morgan fingerprint density at radius 2 is 0.875 bits per heavy atom. The van der Waals surface area contributed by atoms with Crippen molar-refractivity contribution in [2.45, 2.75) is 5.41 Å². The number of fused-ring (bicyclic) bond motifs is 16. The number of benzene rings is 9. The average Bonchev–Trinajstić information content (AvgIpc) is 4.21. The van der Waals surface area contributed by atoms with Crippen LogP contribution in [0.1, 0.15) is 22.3 Å². The van der Waals surface area contributed by atoms with Crippen LogP contribution in [0.15, 0.2) is 217 Å². The molecule has 5 heteroatoms. The molecular formula is C59H36N2S3. The lowest BCUT2D eigenvalue weighted by Gasteiger charge is -2.33. The van der Waals surface area contributed by atoms with E-state index in [9.17, 15) is 0 Å². The first-order valence-electron chi connectivity index (χ1n) is 21.7. The van der Waals surface area contributed by atoms with Crippen molar-refractivity contribution in [3.05, 3.63) is 239 Å². The van der Waals surface area contributed by atoms with Gasteiger partial charge in [0.15, 0.2) is 0 Å². The van der Waals surface area contributed by atoms with Crippen LogP contribution < -0.4 is 9.80 Å². The SMILES string of the molecule is c1csc(N(c2ccc3c(c2)C2(c4cc(N(c5ccc6ccccc6c5)c5cccs5)ccc4-3)c3ccccc3-c3c2ccc2c3sc3ccccc32)c2ccc3ccccc3c2)c1. The maximum absolute atomic E-state index is 2.52. The van der Waals surface area contributed by atoms with E-state index in [2.05, 4.69) is 227 Å². The summed E-state index contributed by atoms with van der Waals surface area (Å²) in [7, 11) is 0. The molecule has 3 aromatic heterocycles. The van der Waals surface area contributed by atoms with Gasteiger partial charge in [0.1, 0.15) is 0 Å². The molecule has 9 aromatic carbocycles. The molecule has 14 rings (SSSR count). The minimum Gasteiger partial charge on any atom is -0.302 e. The molecule has 64 heavy (non-hydrogen) atoms. The summed E-state index contributed by atoms with van der Waals surface area (Å²) in [6.07, 6.45) is 0. The van der Waals surface area contributed by atoms with Gasteiger partial charge in [-0.3, -0.25) is 0 Å². The van der Waals surface area contributed by atoms with Crippen molar-refractivity contribution in [3.8, 4) is 22.3 Å². The predicted octanol–water partition coefficient (Wildman–Crippen LogP) is 17.8. The van der Waals surface area contributed by atoms with E-state index < -0.39 is 5.41 Å². The van der Waals surface area contributed by atoms with Crippen molar-refractivity contribution in [3.63, 3.8) is 0 Å². The van der Waals surface area contributed by atoms with Crippen LogP contribution in [-0.4, -0.2) is 0 Å². The summed E-state index contributed by atoms with van der Waals surface area (Å²) >= 11 is 5.48. The van der Waals surface area contributed by atoms with E-state index in [0.29, 0.717) is 0 Å². The highest BCUT2D eigenvalue weighted by atomic mass is 32.1. The summed E-state index contributed by atoms with van der Waals surface area (Å²) in [6, 6.07) is 77.4. The molecule has 0 radical (unpaired) electrons. The highest BCUT2D eigenvalue weighted by Gasteiger charge is 2.53. The van der Waals surface area contributed by atoms with Crippen molar-refractivity contribution >= 4 is 108 Å². The van der Waals surface area contributed by atoms with E-state index in [0.717, 1.165) is 22.7 Å². The number of nitrogens with zero attached hydrogens (tertiary/aromatic N) is 2. The molecule has 2 nitrogen and oxygen atoms in total. The number of rotatable bonds is 6. The molecule has 2 aliphatic carbocycles. The largest absolute Gasteiger partial charge is 0.302 e. The molecule has 0 N–H and O–H groups in total. The Labute approximate surface area is 382 Å². The van der Waals surface area contributed by atoms with Gasteiger partial charge in [-0.1, -0.05) is 127 Å². The molecule has 12 aromatic rings. The molecule has 0 unspecified atom stereocenters. The summed E-state index contributed by atoms with van der Waals surface area (Å²) in [6.45, 7) is 0. The molecule has 0 saturated carbocycles. The summed E-state index contributed by atoms with van der Waals surface area (Å²) in [5, 5.41) is 14.3. The van der Waals surface area contributed by atoms with Gasteiger partial charge in [0.2, 0.25) is 0 Å². The van der Waals surface area contributed by atoms with Crippen LogP contribution in [0.4, 0.5) is 32.8 Å². The van der Waals surface area contributed by atoms with Crippen LogP contribution in [0.5, 0.6) is 0 Å². The van der Waals surface area contributed by atoms with E-state index in [-0.39, 0.29) is 0 Å². The van der Waals surface area contributed by atoms with E-state index in [4.69, 9.17) is 0 Å². The molecule has 1 spiro atoms. The molecule has 3 heterocycles. The van der Waals surface area contributed by atoms with E-state index >= 15 is 0 Å². The molecule has 0 fully saturated rings. The van der Waals surface area contributed by atoms with Gasteiger partial charge in [0, 0.05) is 48.5 Å². The Morgan fingerprint density at radius 3 is 1.48 bits per heavy atom. The highest BCUT2D eigenvalue weighted by Crippen LogP contribution is 2.66. The first-order chi connectivity index (χ1) is 31.7. The fraction of sp³-hybridized carbons (Fsp3) is 0.0169. The zero-order valence-corrected chi connectivity index (χ0v) is 36.9. The van der Waals surface area contributed by atoms with Crippen molar-refractivity contribution in [1.82, 2.24) is 0 Å². The van der Waals surface area contributed by atoms with Crippen LogP contribution in [0.3, 0.4) is 0 Å². The lowest BCUT2D eigenvalue weighted by atomic mass is 9.70. The van der Waals surface area contributed by atoms with Gasteiger partial charge in [-0.15, -0.1) is 34.0 Å². The second kappa shape index (κ2) is 13.9. The third-order valence-corrected chi connectivity index (χ3v) is 16.5. The second-order valence-corrected chi connectivity index (χ2v) is 19.8. The van der Waals surface area contributed by atoms with Crippen LogP contribution in [0, 0.1) is 0 Å². The van der Waals surface area contributed by atoms with Gasteiger partial charge in [-0.25, -0.2) is 0 Å². The third-order valence-electron chi connectivity index (χ3n) is 13.6. The van der Waals surface area contributed by atoms with Crippen molar-refractivity contribution in [2.24, 2.45) is 0 Å². The summed E-state index contributed by atoms with van der Waals surface area (Å²) in [4.78, 5) is 4.91. The number of anilines is 6. The number of hydrogen-bond acceptors (Lipinski definition) is 5. The van der Waals surface area contributed by atoms with E-state index in [1.165, 1.54) is 96.2 Å². The lowest BCUT2D eigenvalue weighted by molar-refractivity contribution is 0.794. The molecule has 2 aliphatic rings. The monoisotopic (exact) mass is 868 g/mol. The molecule has 0 amide bonds.